The van der Waals surface area contributed by atoms with Gasteiger partial charge in [-0.25, -0.2) is 17.6 Å². The summed E-state index contributed by atoms with van der Waals surface area (Å²) in [6.45, 7) is 7.23. The van der Waals surface area contributed by atoms with Gasteiger partial charge in [0.25, 0.3) is 0 Å². The first-order valence-corrected chi connectivity index (χ1v) is 7.95. The Morgan fingerprint density at radius 2 is 1.60 bits per heavy atom. The highest BCUT2D eigenvalue weighted by molar-refractivity contribution is 6.17. The third-order valence-electron chi connectivity index (χ3n) is 5.34. The van der Waals surface area contributed by atoms with Crippen LogP contribution in [0.15, 0.2) is 12.7 Å². The smallest absolute Gasteiger partial charge is 0.304 e. The molecule has 0 heterocycles. The third-order valence-corrected chi connectivity index (χ3v) is 5.45. The minimum atomic E-state index is -3.70. The first-order chi connectivity index (χ1) is 11.4. The van der Waals surface area contributed by atoms with Gasteiger partial charge >= 0.3 is 6.11 Å². The third kappa shape index (κ3) is 2.76. The standard InChI is InChI=1S/C17H17ClF6O/c1-5-16(14(15(16,3)4)17(23,24)25-7-18)6-9-12(21)10(19)8(2)11(20)13(9)22/h5,14H,1,6-7H2,2-4H3. The molecule has 1 fully saturated rings. The molecule has 25 heavy (non-hydrogen) atoms. The second-order valence-electron chi connectivity index (χ2n) is 6.75. The van der Waals surface area contributed by atoms with Gasteiger partial charge in [-0.15, -0.1) is 6.58 Å². The zero-order valence-corrected chi connectivity index (χ0v) is 14.6. The van der Waals surface area contributed by atoms with Crippen LogP contribution in [-0.4, -0.2) is 12.2 Å². The van der Waals surface area contributed by atoms with Gasteiger partial charge in [0, 0.05) is 16.5 Å². The number of rotatable bonds is 6. The highest BCUT2D eigenvalue weighted by atomic mass is 35.5. The summed E-state index contributed by atoms with van der Waals surface area (Å²) in [6, 6.07) is -0.788. The number of alkyl halides is 3. The van der Waals surface area contributed by atoms with Crippen LogP contribution < -0.4 is 0 Å². The Morgan fingerprint density at radius 3 is 2.00 bits per heavy atom. The van der Waals surface area contributed by atoms with Crippen molar-refractivity contribution in [3.05, 3.63) is 47.1 Å². The second kappa shape index (κ2) is 6.20. The number of ether oxygens (including phenoxy) is 1. The quantitative estimate of drug-likeness (QED) is 0.263. The minimum absolute atomic E-state index is 0.693. The van der Waals surface area contributed by atoms with E-state index < -0.39 is 69.7 Å². The molecule has 0 aromatic heterocycles. The highest BCUT2D eigenvalue weighted by Crippen LogP contribution is 2.75. The summed E-state index contributed by atoms with van der Waals surface area (Å²) in [5.41, 5.74) is -4.47. The molecule has 8 heteroatoms. The first kappa shape index (κ1) is 20.1. The molecule has 0 radical (unpaired) electrons. The van der Waals surface area contributed by atoms with Gasteiger partial charge in [-0.2, -0.15) is 8.78 Å². The second-order valence-corrected chi connectivity index (χ2v) is 6.97. The van der Waals surface area contributed by atoms with Crippen LogP contribution in [0, 0.1) is 46.9 Å². The van der Waals surface area contributed by atoms with Crippen molar-refractivity contribution in [2.75, 3.05) is 6.07 Å². The van der Waals surface area contributed by atoms with Crippen LogP contribution in [0.5, 0.6) is 0 Å². The summed E-state index contributed by atoms with van der Waals surface area (Å²) < 4.78 is 88.6. The fraction of sp³-hybridized carbons (Fsp3) is 0.529. The molecule has 1 aliphatic rings. The van der Waals surface area contributed by atoms with Crippen LogP contribution >= 0.6 is 11.6 Å². The number of hydrogen-bond acceptors (Lipinski definition) is 1. The van der Waals surface area contributed by atoms with Crippen molar-refractivity contribution in [2.45, 2.75) is 33.3 Å². The molecule has 0 N–H and O–H groups in total. The van der Waals surface area contributed by atoms with Gasteiger partial charge in [0.1, 0.15) is 6.07 Å². The number of halogens is 7. The molecule has 0 bridgehead atoms. The van der Waals surface area contributed by atoms with E-state index in [2.05, 4.69) is 11.3 Å². The van der Waals surface area contributed by atoms with Crippen LogP contribution in [0.3, 0.4) is 0 Å². The Hall–Kier alpha value is -1.21. The average molecular weight is 387 g/mol. The summed E-state index contributed by atoms with van der Waals surface area (Å²) in [6.07, 6.45) is -3.27. The van der Waals surface area contributed by atoms with Crippen molar-refractivity contribution in [1.82, 2.24) is 0 Å². The molecule has 0 aliphatic heterocycles. The van der Waals surface area contributed by atoms with E-state index in [0.29, 0.717) is 0 Å². The summed E-state index contributed by atoms with van der Waals surface area (Å²) in [5, 5.41) is 0. The Bertz CT molecular complexity index is 689. The van der Waals surface area contributed by atoms with E-state index in [1.54, 1.807) is 0 Å². The Labute approximate surface area is 146 Å². The predicted octanol–water partition coefficient (Wildman–Crippen LogP) is 5.73. The minimum Gasteiger partial charge on any atom is -0.304 e. The van der Waals surface area contributed by atoms with Gasteiger partial charge in [0.05, 0.1) is 5.92 Å². The van der Waals surface area contributed by atoms with Crippen molar-refractivity contribution in [3.63, 3.8) is 0 Å². The lowest BCUT2D eigenvalue weighted by Gasteiger charge is -2.20. The van der Waals surface area contributed by atoms with Crippen LogP contribution in [0.2, 0.25) is 0 Å². The van der Waals surface area contributed by atoms with Gasteiger partial charge in [-0.1, -0.05) is 31.5 Å². The van der Waals surface area contributed by atoms with E-state index in [1.807, 2.05) is 0 Å². The van der Waals surface area contributed by atoms with Gasteiger partial charge in [-0.3, -0.25) is 0 Å². The molecule has 140 valence electrons. The van der Waals surface area contributed by atoms with E-state index in [4.69, 9.17) is 11.6 Å². The molecule has 1 nitrogen and oxygen atoms in total. The first-order valence-electron chi connectivity index (χ1n) is 7.41. The molecule has 2 atom stereocenters. The highest BCUT2D eigenvalue weighted by Gasteiger charge is 2.78. The molecule has 1 saturated carbocycles. The van der Waals surface area contributed by atoms with Gasteiger partial charge in [0.15, 0.2) is 23.3 Å². The molecular formula is C17H17ClF6O. The van der Waals surface area contributed by atoms with Crippen molar-refractivity contribution in [1.29, 1.82) is 0 Å². The molecule has 1 aromatic rings. The predicted molar refractivity (Wildman–Crippen MR) is 81.4 cm³/mol. The van der Waals surface area contributed by atoms with E-state index in [-0.39, 0.29) is 0 Å². The fourth-order valence-electron chi connectivity index (χ4n) is 3.78. The normalized spacial score (nSPS) is 25.1. The van der Waals surface area contributed by atoms with Gasteiger partial charge in [0.2, 0.25) is 0 Å². The van der Waals surface area contributed by atoms with Crippen LogP contribution in [0.4, 0.5) is 26.3 Å². The van der Waals surface area contributed by atoms with Crippen LogP contribution in [-0.2, 0) is 11.2 Å². The maximum Gasteiger partial charge on any atom is 0.361 e. The molecule has 2 rings (SSSR count). The Kier molecular flexibility index (Phi) is 4.98. The fourth-order valence-corrected chi connectivity index (χ4v) is 3.93. The maximum absolute atomic E-state index is 14.2. The molecule has 1 aliphatic carbocycles. The maximum atomic E-state index is 14.2. The largest absolute Gasteiger partial charge is 0.361 e. The SMILES string of the molecule is C=CC1(Cc2c(F)c(F)c(C)c(F)c2F)C(C(F)(F)OCCl)C1(C)C. The molecule has 0 amide bonds. The van der Waals surface area contributed by atoms with Crippen molar-refractivity contribution >= 4 is 11.6 Å². The number of hydrogen-bond donors (Lipinski definition) is 0. The number of allylic oxidation sites excluding steroid dienone is 1. The lowest BCUT2D eigenvalue weighted by molar-refractivity contribution is -0.250. The molecule has 0 spiro atoms. The Morgan fingerprint density at radius 1 is 1.12 bits per heavy atom. The lowest BCUT2D eigenvalue weighted by Crippen LogP contribution is -2.28. The van der Waals surface area contributed by atoms with Crippen molar-refractivity contribution < 1.29 is 31.1 Å². The zero-order chi connectivity index (χ0) is 19.4. The molecule has 0 saturated heterocycles. The van der Waals surface area contributed by atoms with E-state index in [9.17, 15) is 26.3 Å². The van der Waals surface area contributed by atoms with Gasteiger partial charge < -0.3 is 4.74 Å². The average Bonchev–Trinajstić information content (AvgIpc) is 3.04. The van der Waals surface area contributed by atoms with Crippen molar-refractivity contribution in [3.8, 4) is 0 Å². The van der Waals surface area contributed by atoms with Crippen LogP contribution in [0.1, 0.15) is 25.0 Å². The van der Waals surface area contributed by atoms with Crippen molar-refractivity contribution in [2.24, 2.45) is 16.7 Å². The monoisotopic (exact) mass is 386 g/mol. The summed E-state index contributed by atoms with van der Waals surface area (Å²) in [5.74, 6) is -7.81. The summed E-state index contributed by atoms with van der Waals surface area (Å²) >= 11 is 5.21. The van der Waals surface area contributed by atoms with E-state index in [0.717, 1.165) is 13.0 Å². The van der Waals surface area contributed by atoms with E-state index in [1.165, 1.54) is 13.8 Å². The molecule has 2 unspecified atom stereocenters. The van der Waals surface area contributed by atoms with E-state index >= 15 is 0 Å². The molecular weight excluding hydrogens is 370 g/mol. The summed E-state index contributed by atoms with van der Waals surface area (Å²) in [4.78, 5) is 0. The van der Waals surface area contributed by atoms with Crippen LogP contribution in [0.25, 0.3) is 0 Å². The lowest BCUT2D eigenvalue weighted by atomic mass is 9.87. The summed E-state index contributed by atoms with van der Waals surface area (Å²) in [7, 11) is 0. The Balaban J connectivity index is 2.54. The van der Waals surface area contributed by atoms with Gasteiger partial charge in [-0.05, 0) is 18.8 Å². The molecule has 1 aromatic carbocycles. The zero-order valence-electron chi connectivity index (χ0n) is 13.8. The number of benzene rings is 1. The topological polar surface area (TPSA) is 9.23 Å².